The molecule has 0 spiro atoms. The van der Waals surface area contributed by atoms with Crippen LogP contribution in [0.5, 0.6) is 5.75 Å². The zero-order valence-electron chi connectivity index (χ0n) is 16.8. The molecule has 30 heavy (non-hydrogen) atoms. The molecule has 2 aromatic carbocycles. The summed E-state index contributed by atoms with van der Waals surface area (Å²) in [6, 6.07) is 19.1. The molecule has 2 N–H and O–H groups in total. The van der Waals surface area contributed by atoms with Gasteiger partial charge in [-0.25, -0.2) is 4.98 Å². The molecule has 7 nitrogen and oxygen atoms in total. The number of nitrogens with one attached hydrogen (secondary N) is 2. The fourth-order valence-electron chi connectivity index (χ4n) is 3.66. The van der Waals surface area contributed by atoms with Crippen LogP contribution >= 0.6 is 0 Å². The van der Waals surface area contributed by atoms with E-state index in [2.05, 4.69) is 15.3 Å². The molecule has 4 rings (SSSR count). The Morgan fingerprint density at radius 3 is 2.70 bits per heavy atom. The maximum Gasteiger partial charge on any atom is 0.252 e. The molecule has 3 aromatic rings. The van der Waals surface area contributed by atoms with Crippen molar-refractivity contribution >= 4 is 11.9 Å². The zero-order chi connectivity index (χ0) is 20.9. The number of anilines is 1. The molecular weight excluding hydrogens is 380 g/mol. The lowest BCUT2D eigenvalue weighted by Gasteiger charge is -2.17. The molecule has 1 atom stereocenters. The second-order valence-corrected chi connectivity index (χ2v) is 7.38. The van der Waals surface area contributed by atoms with Crippen LogP contribution in [-0.4, -0.2) is 34.4 Å². The number of aromatic amines is 1. The molecular formula is C23H24N4O3. The van der Waals surface area contributed by atoms with E-state index >= 15 is 0 Å². The van der Waals surface area contributed by atoms with E-state index < -0.39 is 0 Å². The summed E-state index contributed by atoms with van der Waals surface area (Å²) in [6.07, 6.45) is 0.360. The Morgan fingerprint density at radius 1 is 1.10 bits per heavy atom. The highest BCUT2D eigenvalue weighted by molar-refractivity contribution is 5.79. The normalized spacial score (nSPS) is 16.0. The fourth-order valence-corrected chi connectivity index (χ4v) is 3.66. The number of methoxy groups -OCH3 is 1. The number of rotatable bonds is 7. The van der Waals surface area contributed by atoms with E-state index in [1.54, 1.807) is 7.11 Å². The number of hydrogen-bond acceptors (Lipinski definition) is 5. The monoisotopic (exact) mass is 404 g/mol. The summed E-state index contributed by atoms with van der Waals surface area (Å²) in [6.45, 7) is 1.62. The Kier molecular flexibility index (Phi) is 5.79. The third-order valence-electron chi connectivity index (χ3n) is 5.20. The van der Waals surface area contributed by atoms with Crippen molar-refractivity contribution in [2.75, 3.05) is 19.0 Å². The number of benzene rings is 2. The highest BCUT2D eigenvalue weighted by Crippen LogP contribution is 2.28. The Morgan fingerprint density at radius 2 is 1.90 bits per heavy atom. The lowest BCUT2D eigenvalue weighted by molar-refractivity contribution is -0.128. The first-order valence-corrected chi connectivity index (χ1v) is 9.90. The summed E-state index contributed by atoms with van der Waals surface area (Å²) in [5.74, 6) is 1.15. The van der Waals surface area contributed by atoms with Crippen LogP contribution in [0.1, 0.15) is 29.2 Å². The first-order chi connectivity index (χ1) is 14.6. The van der Waals surface area contributed by atoms with Gasteiger partial charge in [0.15, 0.2) is 0 Å². The van der Waals surface area contributed by atoms with E-state index in [-0.39, 0.29) is 17.4 Å². The number of hydrogen-bond donors (Lipinski definition) is 2. The van der Waals surface area contributed by atoms with Crippen LogP contribution in [0.15, 0.2) is 65.5 Å². The number of nitrogens with zero attached hydrogens (tertiary/aromatic N) is 2. The van der Waals surface area contributed by atoms with Gasteiger partial charge in [-0.3, -0.25) is 14.6 Å². The SMILES string of the molecule is COc1cccc(CNc2nc([C@H]3CC(=O)N(Cc4ccccc4)C3)cc(=O)[nH]2)c1. The number of aromatic nitrogens is 2. The van der Waals surface area contributed by atoms with Gasteiger partial charge in [0, 0.05) is 38.0 Å². The second-order valence-electron chi connectivity index (χ2n) is 7.38. The number of H-pyrrole nitrogens is 1. The van der Waals surface area contributed by atoms with Crippen molar-refractivity contribution < 1.29 is 9.53 Å². The number of amides is 1. The minimum absolute atomic E-state index is 0.0804. The summed E-state index contributed by atoms with van der Waals surface area (Å²) in [4.78, 5) is 33.8. The van der Waals surface area contributed by atoms with Crippen molar-refractivity contribution in [3.63, 3.8) is 0 Å². The first kappa shape index (κ1) is 19.7. The van der Waals surface area contributed by atoms with Gasteiger partial charge in [-0.15, -0.1) is 0 Å². The van der Waals surface area contributed by atoms with E-state index in [1.165, 1.54) is 6.07 Å². The van der Waals surface area contributed by atoms with Gasteiger partial charge >= 0.3 is 0 Å². The predicted molar refractivity (Wildman–Crippen MR) is 114 cm³/mol. The molecule has 154 valence electrons. The number of carbonyl (C=O) groups is 1. The van der Waals surface area contributed by atoms with Crippen molar-refractivity contribution in [2.45, 2.75) is 25.4 Å². The summed E-state index contributed by atoms with van der Waals surface area (Å²) < 4.78 is 5.24. The molecule has 0 saturated carbocycles. The Hall–Kier alpha value is -3.61. The Balaban J connectivity index is 1.45. The van der Waals surface area contributed by atoms with Crippen molar-refractivity contribution in [1.29, 1.82) is 0 Å². The highest BCUT2D eigenvalue weighted by atomic mass is 16.5. The van der Waals surface area contributed by atoms with Gasteiger partial charge in [-0.05, 0) is 23.3 Å². The van der Waals surface area contributed by atoms with Gasteiger partial charge in [-0.1, -0.05) is 42.5 Å². The quantitative estimate of drug-likeness (QED) is 0.632. The molecule has 7 heteroatoms. The van der Waals surface area contributed by atoms with Gasteiger partial charge in [0.1, 0.15) is 5.75 Å². The smallest absolute Gasteiger partial charge is 0.252 e. The van der Waals surface area contributed by atoms with Gasteiger partial charge in [0.05, 0.1) is 12.8 Å². The molecule has 0 aliphatic carbocycles. The van der Waals surface area contributed by atoms with E-state index in [0.29, 0.717) is 37.7 Å². The Labute approximate surface area is 174 Å². The molecule has 0 bridgehead atoms. The number of ether oxygens (including phenoxy) is 1. The van der Waals surface area contributed by atoms with Crippen LogP contribution in [-0.2, 0) is 17.9 Å². The van der Waals surface area contributed by atoms with Crippen LogP contribution in [0, 0.1) is 0 Å². The van der Waals surface area contributed by atoms with Crippen molar-refractivity contribution in [1.82, 2.24) is 14.9 Å². The Bertz CT molecular complexity index is 1080. The second kappa shape index (κ2) is 8.82. The van der Waals surface area contributed by atoms with Crippen molar-refractivity contribution in [3.05, 3.63) is 87.8 Å². The topological polar surface area (TPSA) is 87.3 Å². The molecule has 1 amide bonds. The van der Waals surface area contributed by atoms with Crippen LogP contribution in [0.2, 0.25) is 0 Å². The van der Waals surface area contributed by atoms with Crippen molar-refractivity contribution in [2.24, 2.45) is 0 Å². The summed E-state index contributed by atoms with van der Waals surface area (Å²) >= 11 is 0. The molecule has 1 saturated heterocycles. The lowest BCUT2D eigenvalue weighted by Crippen LogP contribution is -2.24. The molecule has 0 unspecified atom stereocenters. The number of likely N-dealkylation sites (tertiary alicyclic amines) is 1. The van der Waals surface area contributed by atoms with Crippen molar-refractivity contribution in [3.8, 4) is 5.75 Å². The van der Waals surface area contributed by atoms with E-state index in [1.807, 2.05) is 59.5 Å². The largest absolute Gasteiger partial charge is 0.497 e. The van der Waals surface area contributed by atoms with Gasteiger partial charge in [-0.2, -0.15) is 0 Å². The minimum Gasteiger partial charge on any atom is -0.497 e. The standard InChI is InChI=1S/C23H24N4O3/c1-30-19-9-5-8-17(10-19)13-24-23-25-20(12-21(28)26-23)18-11-22(29)27(15-18)14-16-6-3-2-4-7-16/h2-10,12,18H,11,13-15H2,1H3,(H2,24,25,26,28)/t18-/m0/s1. The third-order valence-corrected chi connectivity index (χ3v) is 5.20. The van der Waals surface area contributed by atoms with E-state index in [4.69, 9.17) is 4.74 Å². The molecule has 1 aliphatic heterocycles. The maximum atomic E-state index is 12.5. The van der Waals surface area contributed by atoms with Crippen LogP contribution in [0.4, 0.5) is 5.95 Å². The summed E-state index contributed by atoms with van der Waals surface area (Å²) in [7, 11) is 1.62. The van der Waals surface area contributed by atoms with Crippen LogP contribution in [0.3, 0.4) is 0 Å². The van der Waals surface area contributed by atoms with E-state index in [0.717, 1.165) is 16.9 Å². The third kappa shape index (κ3) is 4.68. The molecule has 1 aromatic heterocycles. The maximum absolute atomic E-state index is 12.5. The van der Waals surface area contributed by atoms with Crippen LogP contribution < -0.4 is 15.6 Å². The number of carbonyl (C=O) groups excluding carboxylic acids is 1. The predicted octanol–water partition coefficient (Wildman–Crippen LogP) is 2.91. The first-order valence-electron chi connectivity index (χ1n) is 9.90. The summed E-state index contributed by atoms with van der Waals surface area (Å²) in [5.41, 5.74) is 2.50. The molecule has 2 heterocycles. The van der Waals surface area contributed by atoms with Crippen LogP contribution in [0.25, 0.3) is 0 Å². The van der Waals surface area contributed by atoms with Gasteiger partial charge in [0.2, 0.25) is 11.9 Å². The van der Waals surface area contributed by atoms with Gasteiger partial charge in [0.25, 0.3) is 5.56 Å². The lowest BCUT2D eigenvalue weighted by atomic mass is 10.0. The van der Waals surface area contributed by atoms with Gasteiger partial charge < -0.3 is 15.0 Å². The fraction of sp³-hybridized carbons (Fsp3) is 0.261. The van der Waals surface area contributed by atoms with E-state index in [9.17, 15) is 9.59 Å². The molecule has 1 fully saturated rings. The molecule has 0 radical (unpaired) electrons. The average molecular weight is 404 g/mol. The summed E-state index contributed by atoms with van der Waals surface area (Å²) in [5, 5.41) is 3.16. The molecule has 1 aliphatic rings. The highest BCUT2D eigenvalue weighted by Gasteiger charge is 2.31. The zero-order valence-corrected chi connectivity index (χ0v) is 16.8. The average Bonchev–Trinajstić information content (AvgIpc) is 3.13. The minimum atomic E-state index is -0.234.